The molecule has 0 aliphatic heterocycles. The molecule has 8 heteroatoms. The van der Waals surface area contributed by atoms with Gasteiger partial charge in [-0.2, -0.15) is 5.10 Å². The van der Waals surface area contributed by atoms with Crippen LogP contribution in [0.1, 0.15) is 17.0 Å². The minimum absolute atomic E-state index is 0.289. The minimum Gasteiger partial charge on any atom is -0.306 e. The van der Waals surface area contributed by atoms with Gasteiger partial charge >= 0.3 is 6.03 Å². The number of aryl methyl sites for hydroxylation is 1. The summed E-state index contributed by atoms with van der Waals surface area (Å²) in [6.07, 6.45) is 0. The number of urea groups is 1. The summed E-state index contributed by atoms with van der Waals surface area (Å²) in [6.45, 7) is 4.23. The van der Waals surface area contributed by atoms with E-state index in [0.717, 1.165) is 11.3 Å². The number of halogens is 3. The normalized spacial score (nSPS) is 10.7. The molecule has 0 bridgehead atoms. The monoisotopic (exact) mass is 422 g/mol. The Labute approximate surface area is 172 Å². The van der Waals surface area contributed by atoms with Crippen LogP contribution in [0.5, 0.6) is 0 Å². The molecule has 0 spiro atoms. The van der Waals surface area contributed by atoms with Gasteiger partial charge in [-0.1, -0.05) is 59.1 Å². The first-order valence-corrected chi connectivity index (χ1v) is 9.29. The predicted octanol–water partition coefficient (Wildman–Crippen LogP) is 6.15. The number of amides is 2. The number of carbonyl (C=O) groups excluding carboxylic acids is 1. The molecule has 3 aromatic rings. The quantitative estimate of drug-likeness (QED) is 0.528. The molecule has 0 atom stereocenters. The number of hydrogen-bond acceptors (Lipinski definition) is 2. The van der Waals surface area contributed by atoms with Crippen molar-refractivity contribution in [2.75, 3.05) is 10.6 Å². The van der Waals surface area contributed by atoms with Gasteiger partial charge in [0.25, 0.3) is 0 Å². The standard InChI is InChI=1S/C19H17Cl3N4O/c1-11-18(24-19(27)23-16-9-5-8-15(21)17(16)22)12(2)26(25-11)10-13-6-3-4-7-14(13)20/h3-9H,10H2,1-2H3,(H2,23,24,27). The summed E-state index contributed by atoms with van der Waals surface area (Å²) in [6, 6.07) is 12.2. The highest BCUT2D eigenvalue weighted by Crippen LogP contribution is 2.30. The van der Waals surface area contributed by atoms with Crippen LogP contribution >= 0.6 is 34.8 Å². The highest BCUT2D eigenvalue weighted by Gasteiger charge is 2.16. The number of hydrogen-bond donors (Lipinski definition) is 2. The molecule has 2 amide bonds. The van der Waals surface area contributed by atoms with Crippen LogP contribution < -0.4 is 10.6 Å². The van der Waals surface area contributed by atoms with E-state index in [9.17, 15) is 4.79 Å². The predicted molar refractivity (Wildman–Crippen MR) is 111 cm³/mol. The van der Waals surface area contributed by atoms with Crippen LogP contribution in [0.2, 0.25) is 15.1 Å². The van der Waals surface area contributed by atoms with Crippen molar-refractivity contribution in [1.82, 2.24) is 9.78 Å². The summed E-state index contributed by atoms with van der Waals surface area (Å²) >= 11 is 18.3. The van der Waals surface area contributed by atoms with Gasteiger partial charge in [0.15, 0.2) is 0 Å². The maximum absolute atomic E-state index is 12.4. The van der Waals surface area contributed by atoms with E-state index in [4.69, 9.17) is 34.8 Å². The van der Waals surface area contributed by atoms with E-state index in [-0.39, 0.29) is 5.02 Å². The molecule has 1 heterocycles. The molecule has 2 N–H and O–H groups in total. The van der Waals surface area contributed by atoms with Crippen molar-refractivity contribution < 1.29 is 4.79 Å². The fraction of sp³-hybridized carbons (Fsp3) is 0.158. The Morgan fingerprint density at radius 2 is 1.70 bits per heavy atom. The molecule has 0 aliphatic carbocycles. The molecule has 0 saturated carbocycles. The zero-order chi connectivity index (χ0) is 19.6. The molecule has 27 heavy (non-hydrogen) atoms. The lowest BCUT2D eigenvalue weighted by atomic mass is 10.2. The van der Waals surface area contributed by atoms with Gasteiger partial charge in [0.1, 0.15) is 0 Å². The van der Waals surface area contributed by atoms with Crippen LogP contribution in [0.15, 0.2) is 42.5 Å². The van der Waals surface area contributed by atoms with E-state index >= 15 is 0 Å². The fourth-order valence-corrected chi connectivity index (χ4v) is 3.23. The van der Waals surface area contributed by atoms with Crippen LogP contribution in [0, 0.1) is 13.8 Å². The van der Waals surface area contributed by atoms with E-state index in [1.54, 1.807) is 22.9 Å². The second-order valence-corrected chi connectivity index (χ2v) is 7.17. The van der Waals surface area contributed by atoms with Crippen LogP contribution in [-0.2, 0) is 6.54 Å². The molecule has 2 aromatic carbocycles. The van der Waals surface area contributed by atoms with Crippen molar-refractivity contribution in [3.05, 3.63) is 74.5 Å². The second-order valence-electron chi connectivity index (χ2n) is 5.98. The molecular formula is C19H17Cl3N4O. The van der Waals surface area contributed by atoms with E-state index < -0.39 is 6.03 Å². The number of carbonyl (C=O) groups is 1. The molecule has 140 valence electrons. The highest BCUT2D eigenvalue weighted by atomic mass is 35.5. The lowest BCUT2D eigenvalue weighted by molar-refractivity contribution is 0.262. The van der Waals surface area contributed by atoms with E-state index in [0.29, 0.717) is 33.7 Å². The first kappa shape index (κ1) is 19.5. The largest absolute Gasteiger partial charge is 0.323 e. The van der Waals surface area contributed by atoms with Crippen LogP contribution in [0.25, 0.3) is 0 Å². The zero-order valence-corrected chi connectivity index (χ0v) is 17.0. The Morgan fingerprint density at radius 1 is 1.00 bits per heavy atom. The Bertz CT molecular complexity index is 1000. The van der Waals surface area contributed by atoms with Crippen LogP contribution in [0.4, 0.5) is 16.2 Å². The number of benzene rings is 2. The molecule has 0 radical (unpaired) electrons. The Hall–Kier alpha value is -2.21. The molecule has 1 aromatic heterocycles. The van der Waals surface area contributed by atoms with Gasteiger partial charge in [-0.15, -0.1) is 0 Å². The third-order valence-electron chi connectivity index (χ3n) is 4.10. The summed E-state index contributed by atoms with van der Waals surface area (Å²) < 4.78 is 1.80. The molecule has 5 nitrogen and oxygen atoms in total. The average molecular weight is 424 g/mol. The Kier molecular flexibility index (Phi) is 5.95. The van der Waals surface area contributed by atoms with Crippen molar-refractivity contribution in [2.45, 2.75) is 20.4 Å². The lowest BCUT2D eigenvalue weighted by Gasteiger charge is -2.10. The van der Waals surface area contributed by atoms with E-state index in [2.05, 4.69) is 15.7 Å². The summed E-state index contributed by atoms with van der Waals surface area (Å²) in [5.74, 6) is 0. The van der Waals surface area contributed by atoms with Gasteiger partial charge in [0.2, 0.25) is 0 Å². The van der Waals surface area contributed by atoms with Crippen molar-refractivity contribution in [1.29, 1.82) is 0 Å². The number of rotatable bonds is 4. The van der Waals surface area contributed by atoms with E-state index in [1.807, 2.05) is 38.1 Å². The van der Waals surface area contributed by atoms with Crippen molar-refractivity contribution in [2.24, 2.45) is 0 Å². The molecular weight excluding hydrogens is 407 g/mol. The van der Waals surface area contributed by atoms with Gasteiger partial charge in [-0.3, -0.25) is 4.68 Å². The smallest absolute Gasteiger partial charge is 0.306 e. The number of nitrogens with zero attached hydrogens (tertiary/aromatic N) is 2. The maximum atomic E-state index is 12.4. The SMILES string of the molecule is Cc1nn(Cc2ccccc2Cl)c(C)c1NC(=O)Nc1cccc(Cl)c1Cl. The average Bonchev–Trinajstić information content (AvgIpc) is 2.88. The van der Waals surface area contributed by atoms with E-state index in [1.165, 1.54) is 0 Å². The Morgan fingerprint density at radius 3 is 2.44 bits per heavy atom. The third-order valence-corrected chi connectivity index (χ3v) is 5.29. The lowest BCUT2D eigenvalue weighted by Crippen LogP contribution is -2.20. The maximum Gasteiger partial charge on any atom is 0.323 e. The number of nitrogens with one attached hydrogen (secondary N) is 2. The van der Waals surface area contributed by atoms with Gasteiger partial charge in [-0.05, 0) is 37.6 Å². The van der Waals surface area contributed by atoms with Crippen molar-refractivity contribution in [3.8, 4) is 0 Å². The van der Waals surface area contributed by atoms with Gasteiger partial charge < -0.3 is 10.6 Å². The third kappa shape index (κ3) is 4.38. The van der Waals surface area contributed by atoms with Gasteiger partial charge in [0, 0.05) is 5.02 Å². The molecule has 0 unspecified atom stereocenters. The van der Waals surface area contributed by atoms with Crippen LogP contribution in [-0.4, -0.2) is 15.8 Å². The number of anilines is 2. The zero-order valence-electron chi connectivity index (χ0n) is 14.7. The highest BCUT2D eigenvalue weighted by molar-refractivity contribution is 6.44. The first-order valence-electron chi connectivity index (χ1n) is 8.16. The minimum atomic E-state index is -0.428. The molecule has 0 aliphatic rings. The topological polar surface area (TPSA) is 59.0 Å². The number of aromatic nitrogens is 2. The van der Waals surface area contributed by atoms with Gasteiger partial charge in [-0.25, -0.2) is 4.79 Å². The second kappa shape index (κ2) is 8.21. The first-order chi connectivity index (χ1) is 12.9. The Balaban J connectivity index is 1.77. The molecule has 3 rings (SSSR count). The van der Waals surface area contributed by atoms with Gasteiger partial charge in [0.05, 0.1) is 39.4 Å². The summed E-state index contributed by atoms with van der Waals surface area (Å²) in [7, 11) is 0. The summed E-state index contributed by atoms with van der Waals surface area (Å²) in [5, 5.41) is 11.4. The molecule has 0 fully saturated rings. The fourth-order valence-electron chi connectivity index (χ4n) is 2.69. The summed E-state index contributed by atoms with van der Waals surface area (Å²) in [4.78, 5) is 12.4. The van der Waals surface area contributed by atoms with Crippen molar-refractivity contribution >= 4 is 52.2 Å². The van der Waals surface area contributed by atoms with Crippen LogP contribution in [0.3, 0.4) is 0 Å². The van der Waals surface area contributed by atoms with Crippen molar-refractivity contribution in [3.63, 3.8) is 0 Å². The summed E-state index contributed by atoms with van der Waals surface area (Å²) in [5.41, 5.74) is 3.54. The molecule has 0 saturated heterocycles.